The second-order valence-electron chi connectivity index (χ2n) is 11.1. The minimum atomic E-state index is -0.561. The lowest BCUT2D eigenvalue weighted by atomic mass is 9.80. The topological polar surface area (TPSA) is 112 Å². The zero-order valence-corrected chi connectivity index (χ0v) is 26.0. The summed E-state index contributed by atoms with van der Waals surface area (Å²) in [5.41, 5.74) is 4.36. The molecule has 0 unspecified atom stereocenters. The maximum absolute atomic E-state index is 13.9. The summed E-state index contributed by atoms with van der Waals surface area (Å²) in [5.74, 6) is 0.914. The number of piperidine rings is 1. The summed E-state index contributed by atoms with van der Waals surface area (Å²) in [6.45, 7) is 3.42. The monoisotopic (exact) mass is 622 g/mol. The van der Waals surface area contributed by atoms with E-state index in [1.807, 2.05) is 71.6 Å². The van der Waals surface area contributed by atoms with E-state index in [4.69, 9.17) is 26.3 Å². The Labute approximate surface area is 267 Å². The van der Waals surface area contributed by atoms with Crippen molar-refractivity contribution in [2.45, 2.75) is 25.4 Å². The van der Waals surface area contributed by atoms with Crippen molar-refractivity contribution in [2.75, 3.05) is 38.6 Å². The molecule has 0 bridgehead atoms. The van der Waals surface area contributed by atoms with Gasteiger partial charge in [0.05, 0.1) is 11.0 Å². The molecule has 5 aromatic rings. The van der Waals surface area contributed by atoms with Gasteiger partial charge in [-0.15, -0.1) is 0 Å². The molecule has 0 spiro atoms. The summed E-state index contributed by atoms with van der Waals surface area (Å²) in [4.78, 5) is 39.8. The average Bonchev–Trinajstić information content (AvgIpc) is 3.51. The number of rotatable bonds is 9. The summed E-state index contributed by atoms with van der Waals surface area (Å²) >= 11 is 6.60. The average molecular weight is 623 g/mol. The molecule has 6 rings (SSSR count). The Morgan fingerprint density at radius 3 is 2.33 bits per heavy atom. The predicted molar refractivity (Wildman–Crippen MR) is 177 cm³/mol. The van der Waals surface area contributed by atoms with Crippen molar-refractivity contribution in [1.82, 2.24) is 25.2 Å². The first kappa shape index (κ1) is 30.3. The number of carbonyl (C=O) groups is 2. The number of hydrogen-bond donors (Lipinski definition) is 3. The molecular formula is C35H35ClN6O3. The molecule has 2 amide bonds. The van der Waals surface area contributed by atoms with Gasteiger partial charge in [0.25, 0.3) is 5.91 Å². The normalized spacial score (nSPS) is 14.3. The fraction of sp³-hybridized carbons (Fsp3) is 0.257. The van der Waals surface area contributed by atoms with E-state index < -0.39 is 5.60 Å². The quantitative estimate of drug-likeness (QED) is 0.167. The van der Waals surface area contributed by atoms with Crippen LogP contribution < -0.4 is 10.6 Å². The van der Waals surface area contributed by atoms with Crippen LogP contribution in [0.3, 0.4) is 0 Å². The first-order valence-corrected chi connectivity index (χ1v) is 15.4. The van der Waals surface area contributed by atoms with E-state index in [1.165, 1.54) is 6.92 Å². The third-order valence-electron chi connectivity index (χ3n) is 8.37. The maximum atomic E-state index is 13.9. The van der Waals surface area contributed by atoms with Crippen LogP contribution in [0.4, 0.5) is 5.82 Å². The standard InChI is InChI=1S/C35H35ClN6O3/c1-23(43)37-18-19-38-32-27-22-30(39-33(27)41-31(40-32)24-10-4-3-5-11-24)34(44)42-20-16-35(45-2,17-21-42)28-14-8-6-12-25(28)26-13-7-9-15-29(26)36/h3-15,22H,16-21H2,1-2H3,(H,37,43)(H2,38,39,40,41). The highest BCUT2D eigenvalue weighted by Crippen LogP contribution is 2.43. The van der Waals surface area contributed by atoms with E-state index in [0.29, 0.717) is 72.4 Å². The Hall–Kier alpha value is -4.73. The van der Waals surface area contributed by atoms with E-state index in [2.05, 4.69) is 27.8 Å². The lowest BCUT2D eigenvalue weighted by Gasteiger charge is -2.42. The molecule has 0 saturated carbocycles. The van der Waals surface area contributed by atoms with Gasteiger partial charge in [-0.2, -0.15) is 0 Å². The Kier molecular flexibility index (Phi) is 8.82. The van der Waals surface area contributed by atoms with E-state index in [0.717, 1.165) is 22.3 Å². The van der Waals surface area contributed by atoms with E-state index in [-0.39, 0.29) is 11.8 Å². The highest BCUT2D eigenvalue weighted by Gasteiger charge is 2.39. The number of nitrogens with one attached hydrogen (secondary N) is 3. The molecular weight excluding hydrogens is 588 g/mol. The molecule has 3 aromatic carbocycles. The Morgan fingerprint density at radius 1 is 0.933 bits per heavy atom. The van der Waals surface area contributed by atoms with Gasteiger partial charge in [0.1, 0.15) is 17.2 Å². The second kappa shape index (κ2) is 13.1. The van der Waals surface area contributed by atoms with Gasteiger partial charge in [-0.1, -0.05) is 84.4 Å². The second-order valence-corrected chi connectivity index (χ2v) is 11.5. The Balaban J connectivity index is 1.26. The first-order chi connectivity index (χ1) is 21.9. The fourth-order valence-electron chi connectivity index (χ4n) is 6.01. The zero-order chi connectivity index (χ0) is 31.4. The molecule has 1 fully saturated rings. The third kappa shape index (κ3) is 6.27. The van der Waals surface area contributed by atoms with Gasteiger partial charge < -0.3 is 25.3 Å². The van der Waals surface area contributed by atoms with Gasteiger partial charge in [-0.05, 0) is 36.1 Å². The third-order valence-corrected chi connectivity index (χ3v) is 8.70. The first-order valence-electron chi connectivity index (χ1n) is 15.0. The minimum Gasteiger partial charge on any atom is -0.373 e. The van der Waals surface area contributed by atoms with Crippen molar-refractivity contribution in [3.63, 3.8) is 0 Å². The molecule has 1 aliphatic rings. The number of benzene rings is 3. The number of fused-ring (bicyclic) bond motifs is 1. The van der Waals surface area contributed by atoms with Crippen molar-refractivity contribution in [3.8, 4) is 22.5 Å². The number of carbonyl (C=O) groups excluding carboxylic acids is 2. The number of nitrogens with zero attached hydrogens (tertiary/aromatic N) is 3. The number of methoxy groups -OCH3 is 1. The molecule has 1 aliphatic heterocycles. The molecule has 3 N–H and O–H groups in total. The molecule has 0 atom stereocenters. The van der Waals surface area contributed by atoms with Crippen molar-refractivity contribution in [1.29, 1.82) is 0 Å². The molecule has 2 aromatic heterocycles. The highest BCUT2D eigenvalue weighted by atomic mass is 35.5. The van der Waals surface area contributed by atoms with E-state index in [9.17, 15) is 9.59 Å². The molecule has 1 saturated heterocycles. The summed E-state index contributed by atoms with van der Waals surface area (Å²) in [5, 5.41) is 7.48. The lowest BCUT2D eigenvalue weighted by molar-refractivity contribution is -0.118. The summed E-state index contributed by atoms with van der Waals surface area (Å²) in [6.07, 6.45) is 1.26. The smallest absolute Gasteiger partial charge is 0.270 e. The number of aromatic nitrogens is 3. The van der Waals surface area contributed by atoms with Crippen LogP contribution in [-0.4, -0.2) is 65.0 Å². The van der Waals surface area contributed by atoms with Crippen LogP contribution in [0.25, 0.3) is 33.5 Å². The largest absolute Gasteiger partial charge is 0.373 e. The van der Waals surface area contributed by atoms with Crippen LogP contribution in [-0.2, 0) is 15.1 Å². The minimum absolute atomic E-state index is 0.101. The van der Waals surface area contributed by atoms with Crippen molar-refractivity contribution < 1.29 is 14.3 Å². The van der Waals surface area contributed by atoms with Crippen LogP contribution in [0.15, 0.2) is 84.9 Å². The highest BCUT2D eigenvalue weighted by molar-refractivity contribution is 6.33. The Bertz CT molecular complexity index is 1830. The SMILES string of the molecule is COC1(c2ccccc2-c2ccccc2Cl)CCN(C(=O)c2cc3c(NCCNC(C)=O)nc(-c4ccccc4)nc3[nH]2)CC1. The number of likely N-dealkylation sites (tertiary alicyclic amines) is 1. The number of hydrogen-bond acceptors (Lipinski definition) is 6. The van der Waals surface area contributed by atoms with Gasteiger partial charge in [0.2, 0.25) is 5.91 Å². The molecule has 10 heteroatoms. The number of anilines is 1. The van der Waals surface area contributed by atoms with Gasteiger partial charge in [0, 0.05) is 56.4 Å². The summed E-state index contributed by atoms with van der Waals surface area (Å²) in [6, 6.07) is 27.5. The summed E-state index contributed by atoms with van der Waals surface area (Å²) < 4.78 is 6.24. The van der Waals surface area contributed by atoms with Crippen LogP contribution in [0, 0.1) is 0 Å². The van der Waals surface area contributed by atoms with Crippen LogP contribution in [0.2, 0.25) is 5.02 Å². The lowest BCUT2D eigenvalue weighted by Crippen LogP contribution is -2.46. The predicted octanol–water partition coefficient (Wildman–Crippen LogP) is 6.27. The number of H-pyrrole nitrogens is 1. The molecule has 0 aliphatic carbocycles. The molecule has 45 heavy (non-hydrogen) atoms. The van der Waals surface area contributed by atoms with Gasteiger partial charge in [-0.25, -0.2) is 9.97 Å². The molecule has 230 valence electrons. The summed E-state index contributed by atoms with van der Waals surface area (Å²) in [7, 11) is 1.74. The van der Waals surface area contributed by atoms with Crippen LogP contribution in [0.5, 0.6) is 0 Å². The number of aromatic amines is 1. The van der Waals surface area contributed by atoms with Crippen LogP contribution in [0.1, 0.15) is 35.8 Å². The van der Waals surface area contributed by atoms with Crippen molar-refractivity contribution in [3.05, 3.63) is 101 Å². The fourth-order valence-corrected chi connectivity index (χ4v) is 6.25. The molecule has 0 radical (unpaired) electrons. The van der Waals surface area contributed by atoms with E-state index in [1.54, 1.807) is 13.2 Å². The van der Waals surface area contributed by atoms with Crippen LogP contribution >= 0.6 is 11.6 Å². The maximum Gasteiger partial charge on any atom is 0.270 e. The van der Waals surface area contributed by atoms with Gasteiger partial charge in [-0.3, -0.25) is 9.59 Å². The Morgan fingerprint density at radius 2 is 1.62 bits per heavy atom. The van der Waals surface area contributed by atoms with Gasteiger partial charge >= 0.3 is 0 Å². The van der Waals surface area contributed by atoms with Gasteiger partial charge in [0.15, 0.2) is 5.82 Å². The number of amides is 2. The number of ether oxygens (including phenoxy) is 1. The van der Waals surface area contributed by atoms with Crippen molar-refractivity contribution >= 4 is 40.3 Å². The van der Waals surface area contributed by atoms with E-state index >= 15 is 0 Å². The molecule has 3 heterocycles. The van der Waals surface area contributed by atoms with Crippen molar-refractivity contribution in [2.24, 2.45) is 0 Å². The zero-order valence-electron chi connectivity index (χ0n) is 25.3. The number of halogens is 1. The molecule has 9 nitrogen and oxygen atoms in total.